The van der Waals surface area contributed by atoms with Crippen molar-refractivity contribution in [3.63, 3.8) is 0 Å². The van der Waals surface area contributed by atoms with Crippen LogP contribution in [0.15, 0.2) is 22.7 Å². The fraction of sp³-hybridized carbons (Fsp3) is 0.300. The lowest BCUT2D eigenvalue weighted by Crippen LogP contribution is -2.23. The second-order valence-electron chi connectivity index (χ2n) is 3.12. The molecule has 88 valence electrons. The fourth-order valence-corrected chi connectivity index (χ4v) is 1.68. The van der Waals surface area contributed by atoms with Gasteiger partial charge in [0, 0.05) is 17.6 Å². The van der Waals surface area contributed by atoms with Crippen LogP contribution in [-0.2, 0) is 11.3 Å². The maximum Gasteiger partial charge on any atom is 0.404 e. The van der Waals surface area contributed by atoms with Crippen LogP contribution in [0.3, 0.4) is 0 Å². The number of carbonyl (C=O) groups is 1. The van der Waals surface area contributed by atoms with Crippen LogP contribution in [0.1, 0.15) is 5.56 Å². The molecule has 0 radical (unpaired) electrons. The van der Waals surface area contributed by atoms with Gasteiger partial charge < -0.3 is 15.8 Å². The molecule has 1 rings (SSSR count). The summed E-state index contributed by atoms with van der Waals surface area (Å²) in [6, 6.07) is 4.64. The molecule has 0 bridgehead atoms. The number of primary amides is 1. The predicted octanol–water partition coefficient (Wildman–Crippen LogP) is 1.77. The zero-order valence-electron chi connectivity index (χ0n) is 8.50. The zero-order valence-corrected chi connectivity index (χ0v) is 10.1. The normalized spacial score (nSPS) is 10.1. The third-order valence-electron chi connectivity index (χ3n) is 1.77. The van der Waals surface area contributed by atoms with E-state index in [2.05, 4.69) is 26.0 Å². The lowest BCUT2D eigenvalue weighted by Gasteiger charge is -2.05. The van der Waals surface area contributed by atoms with Gasteiger partial charge in [0.2, 0.25) is 0 Å². The molecule has 1 aromatic carbocycles. The maximum absolute atomic E-state index is 13.0. The number of halogens is 2. The van der Waals surface area contributed by atoms with Crippen molar-refractivity contribution in [2.45, 2.75) is 6.54 Å². The number of carbonyl (C=O) groups excluding carboxylic acids is 1. The van der Waals surface area contributed by atoms with Crippen molar-refractivity contribution < 1.29 is 13.9 Å². The Kier molecular flexibility index (Phi) is 5.21. The van der Waals surface area contributed by atoms with Crippen LogP contribution in [-0.4, -0.2) is 19.2 Å². The molecule has 0 fully saturated rings. The first-order valence-electron chi connectivity index (χ1n) is 4.66. The summed E-state index contributed by atoms with van der Waals surface area (Å²) in [4.78, 5) is 10.2. The summed E-state index contributed by atoms with van der Waals surface area (Å²) in [6.45, 7) is 1.17. The van der Waals surface area contributed by atoms with Gasteiger partial charge in [0.15, 0.2) is 0 Å². The molecule has 0 aromatic heterocycles. The van der Waals surface area contributed by atoms with Crippen molar-refractivity contribution in [3.8, 4) is 0 Å². The quantitative estimate of drug-likeness (QED) is 0.813. The SMILES string of the molecule is NC(=O)OCCNCc1cc(F)cc(Br)c1. The molecular weight excluding hydrogens is 279 g/mol. The number of rotatable bonds is 5. The van der Waals surface area contributed by atoms with Crippen molar-refractivity contribution in [1.82, 2.24) is 5.32 Å². The van der Waals surface area contributed by atoms with Crippen LogP contribution < -0.4 is 11.1 Å². The molecule has 1 aromatic rings. The van der Waals surface area contributed by atoms with Gasteiger partial charge >= 0.3 is 6.09 Å². The van der Waals surface area contributed by atoms with E-state index in [1.165, 1.54) is 12.1 Å². The van der Waals surface area contributed by atoms with Gasteiger partial charge in [-0.3, -0.25) is 0 Å². The van der Waals surface area contributed by atoms with E-state index in [-0.39, 0.29) is 12.4 Å². The van der Waals surface area contributed by atoms with Gasteiger partial charge in [0.25, 0.3) is 0 Å². The summed E-state index contributed by atoms with van der Waals surface area (Å²) in [5, 5.41) is 2.99. The Morgan fingerprint density at radius 3 is 2.88 bits per heavy atom. The average Bonchev–Trinajstić information content (AvgIpc) is 2.15. The van der Waals surface area contributed by atoms with E-state index in [9.17, 15) is 9.18 Å². The summed E-state index contributed by atoms with van der Waals surface area (Å²) in [5.41, 5.74) is 5.59. The monoisotopic (exact) mass is 290 g/mol. The summed E-state index contributed by atoms with van der Waals surface area (Å²) in [5.74, 6) is -0.292. The van der Waals surface area contributed by atoms with Crippen LogP contribution in [0.25, 0.3) is 0 Å². The number of nitrogens with two attached hydrogens (primary N) is 1. The predicted molar refractivity (Wildman–Crippen MR) is 61.3 cm³/mol. The molecule has 1 amide bonds. The molecule has 0 aliphatic heterocycles. The summed E-state index contributed by atoms with van der Waals surface area (Å²) in [6.07, 6.45) is -0.796. The van der Waals surface area contributed by atoms with Gasteiger partial charge in [-0.15, -0.1) is 0 Å². The lowest BCUT2D eigenvalue weighted by molar-refractivity contribution is 0.157. The van der Waals surface area contributed by atoms with Gasteiger partial charge in [-0.25, -0.2) is 9.18 Å². The van der Waals surface area contributed by atoms with Crippen molar-refractivity contribution >= 4 is 22.0 Å². The molecule has 3 N–H and O–H groups in total. The Morgan fingerprint density at radius 1 is 1.50 bits per heavy atom. The highest BCUT2D eigenvalue weighted by Gasteiger charge is 1.99. The van der Waals surface area contributed by atoms with E-state index in [1.807, 2.05) is 6.07 Å². The summed E-state index contributed by atoms with van der Waals surface area (Å²) < 4.78 is 18.2. The van der Waals surface area contributed by atoms with Gasteiger partial charge in [0.05, 0.1) is 0 Å². The van der Waals surface area contributed by atoms with E-state index in [0.717, 1.165) is 5.56 Å². The van der Waals surface area contributed by atoms with Crippen molar-refractivity contribution in [1.29, 1.82) is 0 Å². The lowest BCUT2D eigenvalue weighted by atomic mass is 10.2. The number of hydrogen-bond acceptors (Lipinski definition) is 3. The Bertz CT molecular complexity index is 354. The highest BCUT2D eigenvalue weighted by atomic mass is 79.9. The Hall–Kier alpha value is -1.14. The minimum absolute atomic E-state index is 0.200. The fourth-order valence-electron chi connectivity index (χ4n) is 1.17. The van der Waals surface area contributed by atoms with Crippen LogP contribution in [0.4, 0.5) is 9.18 Å². The Morgan fingerprint density at radius 2 is 2.25 bits per heavy atom. The molecule has 0 saturated carbocycles. The molecule has 0 aliphatic carbocycles. The third-order valence-corrected chi connectivity index (χ3v) is 2.23. The van der Waals surface area contributed by atoms with Crippen molar-refractivity contribution in [2.24, 2.45) is 5.73 Å². The second kappa shape index (κ2) is 6.44. The van der Waals surface area contributed by atoms with Gasteiger partial charge in [-0.05, 0) is 23.8 Å². The first kappa shape index (κ1) is 12.9. The largest absolute Gasteiger partial charge is 0.448 e. The van der Waals surface area contributed by atoms with Crippen LogP contribution in [0, 0.1) is 5.82 Å². The Labute approximate surface area is 101 Å². The first-order valence-corrected chi connectivity index (χ1v) is 5.45. The van der Waals surface area contributed by atoms with E-state index in [4.69, 9.17) is 5.73 Å². The van der Waals surface area contributed by atoms with Crippen molar-refractivity contribution in [3.05, 3.63) is 34.1 Å². The molecule has 4 nitrogen and oxygen atoms in total. The smallest absolute Gasteiger partial charge is 0.404 e. The first-order chi connectivity index (χ1) is 7.58. The van der Waals surface area contributed by atoms with Crippen molar-refractivity contribution in [2.75, 3.05) is 13.2 Å². The molecule has 0 saturated heterocycles. The number of hydrogen-bond donors (Lipinski definition) is 2. The highest BCUT2D eigenvalue weighted by molar-refractivity contribution is 9.10. The number of amides is 1. The second-order valence-corrected chi connectivity index (χ2v) is 4.04. The van der Waals surface area contributed by atoms with Crippen LogP contribution in [0.2, 0.25) is 0 Å². The van der Waals surface area contributed by atoms with Gasteiger partial charge in [-0.1, -0.05) is 15.9 Å². The average molecular weight is 291 g/mol. The molecule has 6 heteroatoms. The molecule has 0 heterocycles. The molecular formula is C10H12BrFN2O2. The maximum atomic E-state index is 13.0. The Balaban J connectivity index is 2.29. The highest BCUT2D eigenvalue weighted by Crippen LogP contribution is 2.14. The zero-order chi connectivity index (χ0) is 12.0. The minimum Gasteiger partial charge on any atom is -0.448 e. The molecule has 0 aliphatic rings. The van der Waals surface area contributed by atoms with E-state index >= 15 is 0 Å². The van der Waals surface area contributed by atoms with Gasteiger partial charge in [0.1, 0.15) is 12.4 Å². The van der Waals surface area contributed by atoms with Crippen LogP contribution >= 0.6 is 15.9 Å². The molecule has 0 unspecified atom stereocenters. The topological polar surface area (TPSA) is 64.4 Å². The van der Waals surface area contributed by atoms with E-state index in [1.54, 1.807) is 0 Å². The van der Waals surface area contributed by atoms with Crippen LogP contribution in [0.5, 0.6) is 0 Å². The third kappa shape index (κ3) is 5.09. The molecule has 0 spiro atoms. The molecule has 16 heavy (non-hydrogen) atoms. The standard InChI is InChI=1S/C10H12BrFN2O2/c11-8-3-7(4-9(12)5-8)6-14-1-2-16-10(13)15/h3-5,14H,1-2,6H2,(H2,13,15). The summed E-state index contributed by atoms with van der Waals surface area (Å²) in [7, 11) is 0. The minimum atomic E-state index is -0.796. The number of nitrogens with one attached hydrogen (secondary N) is 1. The van der Waals surface area contributed by atoms with E-state index in [0.29, 0.717) is 17.6 Å². The summed E-state index contributed by atoms with van der Waals surface area (Å²) >= 11 is 3.20. The van der Waals surface area contributed by atoms with E-state index < -0.39 is 6.09 Å². The number of ether oxygens (including phenoxy) is 1. The number of benzene rings is 1. The molecule has 0 atom stereocenters. The van der Waals surface area contributed by atoms with Gasteiger partial charge in [-0.2, -0.15) is 0 Å².